The standard InChI is InChI=1S/C23H22FN3O2/c1-15(2)11-20-23(27-22(29)12-16-5-9-19(24)10-6-16)25-13-21(26-20)18-7-3-17(14-28)4-8-18/h3-11,13,28H,12,14H2,1-2H3,(H,25,27,29). The van der Waals surface area contributed by atoms with Crippen LogP contribution in [0.25, 0.3) is 17.3 Å². The molecule has 1 aromatic heterocycles. The first-order valence-corrected chi connectivity index (χ1v) is 9.21. The molecular formula is C23H22FN3O2. The Morgan fingerprint density at radius 1 is 1.07 bits per heavy atom. The molecule has 0 saturated carbocycles. The van der Waals surface area contributed by atoms with E-state index in [0.29, 0.717) is 22.8 Å². The fourth-order valence-electron chi connectivity index (χ4n) is 2.76. The number of carbonyl (C=O) groups is 1. The number of anilines is 1. The maximum absolute atomic E-state index is 13.0. The maximum Gasteiger partial charge on any atom is 0.230 e. The highest BCUT2D eigenvalue weighted by atomic mass is 19.1. The molecule has 0 aliphatic heterocycles. The second-order valence-electron chi connectivity index (χ2n) is 6.92. The van der Waals surface area contributed by atoms with E-state index in [0.717, 1.165) is 16.7 Å². The van der Waals surface area contributed by atoms with E-state index in [1.165, 1.54) is 12.1 Å². The van der Waals surface area contributed by atoms with Gasteiger partial charge < -0.3 is 10.4 Å². The summed E-state index contributed by atoms with van der Waals surface area (Å²) >= 11 is 0. The lowest BCUT2D eigenvalue weighted by Crippen LogP contribution is -2.16. The highest BCUT2D eigenvalue weighted by Gasteiger charge is 2.12. The van der Waals surface area contributed by atoms with Crippen molar-refractivity contribution in [1.82, 2.24) is 9.97 Å². The van der Waals surface area contributed by atoms with Crippen LogP contribution in [0.3, 0.4) is 0 Å². The minimum Gasteiger partial charge on any atom is -0.392 e. The van der Waals surface area contributed by atoms with E-state index < -0.39 is 0 Å². The van der Waals surface area contributed by atoms with Gasteiger partial charge in [-0.25, -0.2) is 14.4 Å². The maximum atomic E-state index is 13.0. The molecule has 0 spiro atoms. The first kappa shape index (κ1) is 20.4. The number of halogens is 1. The summed E-state index contributed by atoms with van der Waals surface area (Å²) in [6.45, 7) is 3.86. The van der Waals surface area contributed by atoms with Crippen LogP contribution in [0.15, 0.2) is 60.3 Å². The number of aliphatic hydroxyl groups is 1. The van der Waals surface area contributed by atoms with Crippen molar-refractivity contribution < 1.29 is 14.3 Å². The van der Waals surface area contributed by atoms with Crippen LogP contribution in [0, 0.1) is 5.82 Å². The van der Waals surface area contributed by atoms with Gasteiger partial charge in [-0.15, -0.1) is 0 Å². The second kappa shape index (κ2) is 9.21. The molecule has 0 aliphatic rings. The van der Waals surface area contributed by atoms with Crippen molar-refractivity contribution in [3.05, 3.63) is 82.9 Å². The third-order valence-corrected chi connectivity index (χ3v) is 4.19. The van der Waals surface area contributed by atoms with E-state index in [-0.39, 0.29) is 24.8 Å². The molecule has 3 aromatic rings. The summed E-state index contributed by atoms with van der Waals surface area (Å²) in [6.07, 6.45) is 3.57. The predicted molar refractivity (Wildman–Crippen MR) is 111 cm³/mol. The summed E-state index contributed by atoms with van der Waals surface area (Å²) in [5.74, 6) is -0.225. The Bertz CT molecular complexity index is 1020. The number of rotatable bonds is 6. The summed E-state index contributed by atoms with van der Waals surface area (Å²) in [7, 11) is 0. The number of nitrogens with zero attached hydrogens (tertiary/aromatic N) is 2. The lowest BCUT2D eigenvalue weighted by atomic mass is 10.1. The van der Waals surface area contributed by atoms with Crippen molar-refractivity contribution in [2.24, 2.45) is 0 Å². The molecule has 0 atom stereocenters. The fourth-order valence-corrected chi connectivity index (χ4v) is 2.76. The fraction of sp³-hybridized carbons (Fsp3) is 0.174. The molecule has 0 fully saturated rings. The number of benzene rings is 2. The molecule has 3 rings (SSSR count). The molecule has 1 heterocycles. The number of amides is 1. The average molecular weight is 391 g/mol. The molecule has 0 aliphatic carbocycles. The van der Waals surface area contributed by atoms with Gasteiger partial charge in [0.25, 0.3) is 0 Å². The topological polar surface area (TPSA) is 75.1 Å². The average Bonchev–Trinajstić information content (AvgIpc) is 2.71. The monoisotopic (exact) mass is 391 g/mol. The molecule has 2 N–H and O–H groups in total. The molecule has 5 nitrogen and oxygen atoms in total. The van der Waals surface area contributed by atoms with Crippen LogP contribution in [0.2, 0.25) is 0 Å². The van der Waals surface area contributed by atoms with Crippen LogP contribution in [0.1, 0.15) is 30.7 Å². The van der Waals surface area contributed by atoms with Crippen LogP contribution in [-0.4, -0.2) is 21.0 Å². The van der Waals surface area contributed by atoms with E-state index in [1.54, 1.807) is 18.3 Å². The Kier molecular flexibility index (Phi) is 6.46. The zero-order chi connectivity index (χ0) is 20.8. The molecular weight excluding hydrogens is 369 g/mol. The zero-order valence-electron chi connectivity index (χ0n) is 16.3. The smallest absolute Gasteiger partial charge is 0.230 e. The van der Waals surface area contributed by atoms with Crippen molar-refractivity contribution >= 4 is 17.8 Å². The van der Waals surface area contributed by atoms with Crippen molar-refractivity contribution in [3.63, 3.8) is 0 Å². The number of allylic oxidation sites excluding steroid dienone is 1. The molecule has 0 saturated heterocycles. The molecule has 1 amide bonds. The normalized spacial score (nSPS) is 10.5. The van der Waals surface area contributed by atoms with E-state index in [9.17, 15) is 14.3 Å². The minimum atomic E-state index is -0.339. The molecule has 29 heavy (non-hydrogen) atoms. The van der Waals surface area contributed by atoms with Crippen molar-refractivity contribution in [1.29, 1.82) is 0 Å². The summed E-state index contributed by atoms with van der Waals surface area (Å²) in [5.41, 5.74) is 4.63. The molecule has 0 unspecified atom stereocenters. The zero-order valence-corrected chi connectivity index (χ0v) is 16.3. The lowest BCUT2D eigenvalue weighted by Gasteiger charge is -2.10. The number of hydrogen-bond acceptors (Lipinski definition) is 4. The highest BCUT2D eigenvalue weighted by Crippen LogP contribution is 2.22. The van der Waals surface area contributed by atoms with Crippen LogP contribution in [0.5, 0.6) is 0 Å². The van der Waals surface area contributed by atoms with Crippen molar-refractivity contribution in [3.8, 4) is 11.3 Å². The van der Waals surface area contributed by atoms with Gasteiger partial charge >= 0.3 is 0 Å². The van der Waals surface area contributed by atoms with Crippen LogP contribution in [-0.2, 0) is 17.8 Å². The molecule has 0 bridgehead atoms. The van der Waals surface area contributed by atoms with Crippen LogP contribution >= 0.6 is 0 Å². The number of carbonyl (C=O) groups excluding carboxylic acids is 1. The number of nitrogens with one attached hydrogen (secondary N) is 1. The Balaban J connectivity index is 1.84. The lowest BCUT2D eigenvalue weighted by molar-refractivity contribution is -0.115. The SMILES string of the molecule is CC(C)=Cc1nc(-c2ccc(CO)cc2)cnc1NC(=O)Cc1ccc(F)cc1. The molecule has 6 heteroatoms. The van der Waals surface area contributed by atoms with Gasteiger partial charge in [0.05, 0.1) is 24.9 Å². The third kappa shape index (κ3) is 5.56. The molecule has 0 radical (unpaired) electrons. The summed E-state index contributed by atoms with van der Waals surface area (Å²) in [4.78, 5) is 21.5. The molecule has 2 aromatic carbocycles. The predicted octanol–water partition coefficient (Wildman–Crippen LogP) is 4.38. The first-order valence-electron chi connectivity index (χ1n) is 9.21. The van der Waals surface area contributed by atoms with Crippen molar-refractivity contribution in [2.45, 2.75) is 26.9 Å². The summed E-state index contributed by atoms with van der Waals surface area (Å²) < 4.78 is 13.0. The third-order valence-electron chi connectivity index (χ3n) is 4.19. The first-order chi connectivity index (χ1) is 13.9. The van der Waals surface area contributed by atoms with Crippen LogP contribution in [0.4, 0.5) is 10.2 Å². The highest BCUT2D eigenvalue weighted by molar-refractivity contribution is 5.93. The van der Waals surface area contributed by atoms with Gasteiger partial charge in [-0.05, 0) is 43.2 Å². The van der Waals surface area contributed by atoms with Gasteiger partial charge in [0.15, 0.2) is 5.82 Å². The van der Waals surface area contributed by atoms with E-state index in [4.69, 9.17) is 0 Å². The van der Waals surface area contributed by atoms with Gasteiger partial charge in [-0.3, -0.25) is 4.79 Å². The number of aromatic nitrogens is 2. The van der Waals surface area contributed by atoms with E-state index in [2.05, 4.69) is 15.3 Å². The van der Waals surface area contributed by atoms with Gasteiger partial charge in [-0.2, -0.15) is 0 Å². The summed E-state index contributed by atoms with van der Waals surface area (Å²) in [6, 6.07) is 13.2. The van der Waals surface area contributed by atoms with Gasteiger partial charge in [-0.1, -0.05) is 42.0 Å². The largest absolute Gasteiger partial charge is 0.392 e. The van der Waals surface area contributed by atoms with E-state index in [1.807, 2.05) is 44.2 Å². The minimum absolute atomic E-state index is 0.0198. The summed E-state index contributed by atoms with van der Waals surface area (Å²) in [5, 5.41) is 12.0. The van der Waals surface area contributed by atoms with Gasteiger partial charge in [0.2, 0.25) is 5.91 Å². The Hall–Kier alpha value is -3.38. The van der Waals surface area contributed by atoms with Crippen molar-refractivity contribution in [2.75, 3.05) is 5.32 Å². The number of aliphatic hydroxyl groups excluding tert-OH is 1. The van der Waals surface area contributed by atoms with Gasteiger partial charge in [0.1, 0.15) is 11.5 Å². The van der Waals surface area contributed by atoms with E-state index >= 15 is 0 Å². The number of hydrogen-bond donors (Lipinski definition) is 2. The quantitative estimate of drug-likeness (QED) is 0.654. The Morgan fingerprint density at radius 3 is 2.34 bits per heavy atom. The molecule has 148 valence electrons. The van der Waals surface area contributed by atoms with Gasteiger partial charge in [0, 0.05) is 5.56 Å². The Morgan fingerprint density at radius 2 is 1.72 bits per heavy atom. The Labute approximate surface area is 169 Å². The van der Waals surface area contributed by atoms with Crippen LogP contribution < -0.4 is 5.32 Å². The second-order valence-corrected chi connectivity index (χ2v) is 6.92.